The highest BCUT2D eigenvalue weighted by molar-refractivity contribution is 7.26. The third-order valence-electron chi connectivity index (χ3n) is 5.53. The number of ether oxygens (including phenoxy) is 1. The highest BCUT2D eigenvalue weighted by Crippen LogP contribution is 2.36. The number of hydrogen-bond donors (Lipinski definition) is 0. The van der Waals surface area contributed by atoms with Gasteiger partial charge in [-0.25, -0.2) is 19.5 Å². The van der Waals surface area contributed by atoms with Crippen molar-refractivity contribution in [3.05, 3.63) is 71.9 Å². The van der Waals surface area contributed by atoms with Gasteiger partial charge in [-0.15, -0.1) is 16.4 Å². The van der Waals surface area contributed by atoms with E-state index in [1.165, 1.54) is 5.56 Å². The number of hydrogen-bond acceptors (Lipinski definition) is 6. The summed E-state index contributed by atoms with van der Waals surface area (Å²) in [4.78, 5) is 15.2. The number of rotatable bonds is 3. The van der Waals surface area contributed by atoms with E-state index in [0.29, 0.717) is 5.82 Å². The molecule has 0 N–H and O–H groups in total. The zero-order chi connectivity index (χ0) is 21.1. The Morgan fingerprint density at radius 2 is 1.87 bits per heavy atom. The first kappa shape index (κ1) is 18.2. The Balaban J connectivity index is 1.46. The zero-order valence-electron chi connectivity index (χ0n) is 17.3. The summed E-state index contributed by atoms with van der Waals surface area (Å²) in [5.74, 6) is 1.45. The van der Waals surface area contributed by atoms with Crippen LogP contribution in [0.5, 0.6) is 5.75 Å². The standard InChI is InChI=1S/C24H19N5OS/c1-13-11-14(2)26-24-19(13)20-21(31-24)23-27-22(28-29(23)12-25-20)15(3)30-18-10-6-8-16-7-4-5-9-17(16)18/h4-12,15H,1-3H3/t15-/m0/s1. The van der Waals surface area contributed by atoms with Gasteiger partial charge in [-0.1, -0.05) is 36.4 Å². The van der Waals surface area contributed by atoms with Crippen molar-refractivity contribution in [1.82, 2.24) is 24.6 Å². The predicted octanol–water partition coefficient (Wildman–Crippen LogP) is 5.80. The highest BCUT2D eigenvalue weighted by atomic mass is 32.1. The van der Waals surface area contributed by atoms with Crippen LogP contribution in [-0.4, -0.2) is 24.6 Å². The Hall–Kier alpha value is -3.58. The van der Waals surface area contributed by atoms with Crippen LogP contribution in [0.4, 0.5) is 0 Å². The summed E-state index contributed by atoms with van der Waals surface area (Å²) in [5.41, 5.74) is 3.90. The Morgan fingerprint density at radius 3 is 2.77 bits per heavy atom. The number of aryl methyl sites for hydroxylation is 2. The monoisotopic (exact) mass is 425 g/mol. The van der Waals surface area contributed by atoms with Crippen LogP contribution >= 0.6 is 11.3 Å². The second-order valence-corrected chi connectivity index (χ2v) is 8.76. The topological polar surface area (TPSA) is 65.2 Å². The van der Waals surface area contributed by atoms with E-state index in [4.69, 9.17) is 14.7 Å². The van der Waals surface area contributed by atoms with Gasteiger partial charge < -0.3 is 4.74 Å². The average molecular weight is 426 g/mol. The smallest absolute Gasteiger partial charge is 0.192 e. The second-order valence-electron chi connectivity index (χ2n) is 7.76. The van der Waals surface area contributed by atoms with Crippen molar-refractivity contribution in [2.75, 3.05) is 0 Å². The van der Waals surface area contributed by atoms with Crippen LogP contribution in [0.25, 0.3) is 36.9 Å². The molecule has 0 radical (unpaired) electrons. The quantitative estimate of drug-likeness (QED) is 0.359. The normalized spacial score (nSPS) is 12.9. The fraction of sp³-hybridized carbons (Fsp3) is 0.167. The molecule has 0 aliphatic heterocycles. The Bertz CT molecular complexity index is 1610. The summed E-state index contributed by atoms with van der Waals surface area (Å²) in [6.45, 7) is 6.09. The average Bonchev–Trinajstić information content (AvgIpc) is 3.35. The van der Waals surface area contributed by atoms with Gasteiger partial charge in [-0.3, -0.25) is 0 Å². The summed E-state index contributed by atoms with van der Waals surface area (Å²) in [6.07, 6.45) is 1.42. The lowest BCUT2D eigenvalue weighted by molar-refractivity contribution is 0.219. The summed E-state index contributed by atoms with van der Waals surface area (Å²) in [7, 11) is 0. The molecule has 31 heavy (non-hydrogen) atoms. The lowest BCUT2D eigenvalue weighted by atomic mass is 10.1. The van der Waals surface area contributed by atoms with E-state index in [1.54, 1.807) is 22.2 Å². The highest BCUT2D eigenvalue weighted by Gasteiger charge is 2.19. The molecular formula is C24H19N5OS. The molecule has 6 aromatic rings. The molecule has 0 aliphatic carbocycles. The van der Waals surface area contributed by atoms with Gasteiger partial charge in [-0.2, -0.15) is 0 Å². The maximum absolute atomic E-state index is 6.28. The Labute approximate surface area is 182 Å². The first-order valence-corrected chi connectivity index (χ1v) is 11.0. The minimum atomic E-state index is -0.308. The van der Waals surface area contributed by atoms with Crippen LogP contribution in [0.2, 0.25) is 0 Å². The first-order valence-electron chi connectivity index (χ1n) is 10.1. The molecule has 0 unspecified atom stereocenters. The van der Waals surface area contributed by atoms with Crippen molar-refractivity contribution >= 4 is 48.2 Å². The molecule has 4 heterocycles. The van der Waals surface area contributed by atoms with Crippen molar-refractivity contribution < 1.29 is 4.74 Å². The molecule has 0 saturated carbocycles. The minimum absolute atomic E-state index is 0.308. The first-order chi connectivity index (χ1) is 15.1. The molecule has 152 valence electrons. The van der Waals surface area contributed by atoms with Crippen LogP contribution < -0.4 is 4.74 Å². The molecule has 0 amide bonds. The molecule has 0 aliphatic rings. The van der Waals surface area contributed by atoms with E-state index in [0.717, 1.165) is 48.3 Å². The lowest BCUT2D eigenvalue weighted by Crippen LogP contribution is -2.05. The van der Waals surface area contributed by atoms with E-state index in [-0.39, 0.29) is 6.10 Å². The van der Waals surface area contributed by atoms with Crippen LogP contribution in [0.3, 0.4) is 0 Å². The summed E-state index contributed by atoms with van der Waals surface area (Å²) in [6, 6.07) is 16.4. The molecule has 6 rings (SSSR count). The number of aromatic nitrogens is 5. The molecule has 7 heteroatoms. The fourth-order valence-corrected chi connectivity index (χ4v) is 5.32. The Morgan fingerprint density at radius 1 is 1.03 bits per heavy atom. The SMILES string of the molecule is Cc1cc(C)c2c(n1)sc1c2ncn2nc([C@H](C)Oc3cccc4ccccc34)nc12. The number of fused-ring (bicyclic) bond motifs is 6. The second kappa shape index (κ2) is 6.72. The molecule has 4 aromatic heterocycles. The van der Waals surface area contributed by atoms with Crippen molar-refractivity contribution in [2.24, 2.45) is 0 Å². The van der Waals surface area contributed by atoms with Crippen molar-refractivity contribution in [1.29, 1.82) is 0 Å². The van der Waals surface area contributed by atoms with Gasteiger partial charge in [0.1, 0.15) is 21.6 Å². The van der Waals surface area contributed by atoms with Crippen LogP contribution in [0, 0.1) is 13.8 Å². The maximum atomic E-state index is 6.28. The zero-order valence-corrected chi connectivity index (χ0v) is 18.1. The van der Waals surface area contributed by atoms with Gasteiger partial charge in [0, 0.05) is 16.5 Å². The van der Waals surface area contributed by atoms with Gasteiger partial charge in [0.25, 0.3) is 0 Å². The Kier molecular flexibility index (Phi) is 3.94. The van der Waals surface area contributed by atoms with Crippen molar-refractivity contribution in [2.45, 2.75) is 26.9 Å². The number of benzene rings is 2. The third kappa shape index (κ3) is 2.84. The molecule has 2 aromatic carbocycles. The van der Waals surface area contributed by atoms with Gasteiger partial charge in [0.2, 0.25) is 0 Å². The molecule has 0 bridgehead atoms. The van der Waals surface area contributed by atoms with Gasteiger partial charge in [0.05, 0.1) is 5.52 Å². The van der Waals surface area contributed by atoms with Crippen molar-refractivity contribution in [3.63, 3.8) is 0 Å². The van der Waals surface area contributed by atoms with E-state index < -0.39 is 0 Å². The largest absolute Gasteiger partial charge is 0.482 e. The number of thiophene rings is 1. The lowest BCUT2D eigenvalue weighted by Gasteiger charge is -2.13. The summed E-state index contributed by atoms with van der Waals surface area (Å²) < 4.78 is 9.01. The molecule has 1 atom stereocenters. The van der Waals surface area contributed by atoms with Crippen LogP contribution in [0.1, 0.15) is 30.1 Å². The molecule has 0 spiro atoms. The minimum Gasteiger partial charge on any atom is -0.482 e. The van der Waals surface area contributed by atoms with E-state index in [9.17, 15) is 0 Å². The van der Waals surface area contributed by atoms with Gasteiger partial charge in [-0.05, 0) is 43.9 Å². The summed E-state index contributed by atoms with van der Waals surface area (Å²) in [5, 5.41) is 7.97. The van der Waals surface area contributed by atoms with Crippen LogP contribution in [-0.2, 0) is 0 Å². The number of pyridine rings is 1. The predicted molar refractivity (Wildman–Crippen MR) is 124 cm³/mol. The fourth-order valence-electron chi connectivity index (χ4n) is 4.10. The number of nitrogens with zero attached hydrogens (tertiary/aromatic N) is 5. The van der Waals surface area contributed by atoms with Crippen LogP contribution in [0.15, 0.2) is 54.9 Å². The molecule has 0 fully saturated rings. The molecule has 6 nitrogen and oxygen atoms in total. The molecule has 0 saturated heterocycles. The summed E-state index contributed by atoms with van der Waals surface area (Å²) >= 11 is 1.61. The molecular weight excluding hydrogens is 406 g/mol. The van der Waals surface area contributed by atoms with Crippen molar-refractivity contribution in [3.8, 4) is 5.75 Å². The third-order valence-corrected chi connectivity index (χ3v) is 6.59. The van der Waals surface area contributed by atoms with Gasteiger partial charge in [0.15, 0.2) is 17.6 Å². The van der Waals surface area contributed by atoms with E-state index >= 15 is 0 Å². The maximum Gasteiger partial charge on any atom is 0.192 e. The van der Waals surface area contributed by atoms with Gasteiger partial charge >= 0.3 is 0 Å². The van der Waals surface area contributed by atoms with E-state index in [2.05, 4.69) is 41.3 Å². The van der Waals surface area contributed by atoms with E-state index in [1.807, 2.05) is 38.1 Å².